The van der Waals surface area contributed by atoms with E-state index in [9.17, 15) is 9.59 Å². The molecule has 2 saturated carbocycles. The van der Waals surface area contributed by atoms with Crippen LogP contribution in [0.2, 0.25) is 0 Å². The average Bonchev–Trinajstić information content (AvgIpc) is 2.79. The van der Waals surface area contributed by atoms with Crippen molar-refractivity contribution in [1.82, 2.24) is 0 Å². The van der Waals surface area contributed by atoms with Crippen molar-refractivity contribution in [2.45, 2.75) is 58.7 Å². The third kappa shape index (κ3) is 1.96. The van der Waals surface area contributed by atoms with Gasteiger partial charge >= 0.3 is 11.9 Å². The molecule has 4 nitrogen and oxygen atoms in total. The zero-order chi connectivity index (χ0) is 13.8. The van der Waals surface area contributed by atoms with Gasteiger partial charge in [-0.05, 0) is 39.0 Å². The summed E-state index contributed by atoms with van der Waals surface area (Å²) in [6, 6.07) is 0. The molecule has 0 N–H and O–H groups in total. The topological polar surface area (TPSA) is 52.6 Å². The lowest BCUT2D eigenvalue weighted by atomic mass is 9.84. The number of fused-ring (bicyclic) bond motifs is 2. The van der Waals surface area contributed by atoms with Crippen LogP contribution in [-0.2, 0) is 19.1 Å². The molecule has 5 unspecified atom stereocenters. The quantitative estimate of drug-likeness (QED) is 0.736. The first-order chi connectivity index (χ1) is 8.92. The van der Waals surface area contributed by atoms with E-state index in [1.807, 2.05) is 20.8 Å². The van der Waals surface area contributed by atoms with E-state index in [0.29, 0.717) is 24.2 Å². The third-order valence-electron chi connectivity index (χ3n) is 5.37. The second-order valence-corrected chi connectivity index (χ2v) is 6.92. The Balaban J connectivity index is 1.76. The smallest absolute Gasteiger partial charge is 0.311 e. The summed E-state index contributed by atoms with van der Waals surface area (Å²) >= 11 is 0. The molecular weight excluding hydrogens is 244 g/mol. The molecule has 106 valence electrons. The number of carbonyl (C=O) groups excluding carboxylic acids is 2. The maximum Gasteiger partial charge on any atom is 0.311 e. The van der Waals surface area contributed by atoms with Gasteiger partial charge in [0.15, 0.2) is 0 Å². The van der Waals surface area contributed by atoms with E-state index < -0.39 is 5.41 Å². The summed E-state index contributed by atoms with van der Waals surface area (Å²) in [5.41, 5.74) is -0.458. The van der Waals surface area contributed by atoms with E-state index in [0.717, 1.165) is 19.3 Å². The van der Waals surface area contributed by atoms with Gasteiger partial charge in [-0.2, -0.15) is 0 Å². The molecule has 2 heterocycles. The Morgan fingerprint density at radius 2 is 2.11 bits per heavy atom. The van der Waals surface area contributed by atoms with E-state index >= 15 is 0 Å². The Morgan fingerprint density at radius 3 is 2.79 bits per heavy atom. The second kappa shape index (κ2) is 4.22. The number of hydrogen-bond donors (Lipinski definition) is 0. The highest BCUT2D eigenvalue weighted by atomic mass is 16.6. The second-order valence-electron chi connectivity index (χ2n) is 6.92. The Hall–Kier alpha value is -1.06. The lowest BCUT2D eigenvalue weighted by molar-refractivity contribution is -0.175. The van der Waals surface area contributed by atoms with Crippen LogP contribution in [0, 0.1) is 23.2 Å². The van der Waals surface area contributed by atoms with Crippen LogP contribution in [0.25, 0.3) is 0 Å². The van der Waals surface area contributed by atoms with Crippen molar-refractivity contribution < 1.29 is 19.1 Å². The summed E-state index contributed by atoms with van der Waals surface area (Å²) in [7, 11) is 0. The normalized spacial score (nSPS) is 40.2. The molecule has 4 fully saturated rings. The van der Waals surface area contributed by atoms with Gasteiger partial charge in [-0.15, -0.1) is 0 Å². The van der Waals surface area contributed by atoms with Crippen molar-refractivity contribution in [3.05, 3.63) is 0 Å². The van der Waals surface area contributed by atoms with Gasteiger partial charge in [0.2, 0.25) is 0 Å². The van der Waals surface area contributed by atoms with Crippen LogP contribution < -0.4 is 0 Å². The first-order valence-electron chi connectivity index (χ1n) is 7.33. The van der Waals surface area contributed by atoms with Gasteiger partial charge in [-0.3, -0.25) is 9.59 Å². The highest BCUT2D eigenvalue weighted by Crippen LogP contribution is 2.54. The monoisotopic (exact) mass is 266 g/mol. The zero-order valence-electron chi connectivity index (χ0n) is 11.8. The Morgan fingerprint density at radius 1 is 1.37 bits per heavy atom. The van der Waals surface area contributed by atoms with Crippen LogP contribution in [0.15, 0.2) is 0 Å². The molecule has 0 aromatic rings. The molecule has 4 heteroatoms. The lowest BCUT2D eigenvalue weighted by Crippen LogP contribution is -2.42. The van der Waals surface area contributed by atoms with E-state index in [1.165, 1.54) is 0 Å². The zero-order valence-corrected chi connectivity index (χ0v) is 11.8. The molecule has 0 radical (unpaired) electrons. The van der Waals surface area contributed by atoms with Crippen molar-refractivity contribution >= 4 is 11.9 Å². The fourth-order valence-electron chi connectivity index (χ4n) is 3.78. The van der Waals surface area contributed by atoms with Crippen LogP contribution in [0.1, 0.15) is 46.5 Å². The summed E-state index contributed by atoms with van der Waals surface area (Å²) in [5.74, 6) is 0.825. The fourth-order valence-corrected chi connectivity index (χ4v) is 3.78. The average molecular weight is 266 g/mol. The molecule has 2 aliphatic heterocycles. The van der Waals surface area contributed by atoms with Crippen LogP contribution in [0.5, 0.6) is 0 Å². The van der Waals surface area contributed by atoms with E-state index in [1.54, 1.807) is 0 Å². The first kappa shape index (κ1) is 12.9. The van der Waals surface area contributed by atoms with Gasteiger partial charge < -0.3 is 9.47 Å². The molecule has 19 heavy (non-hydrogen) atoms. The van der Waals surface area contributed by atoms with Gasteiger partial charge in [0, 0.05) is 18.3 Å². The SMILES string of the molecule is CCC(C)(C)C(=O)OC1C2CC3CC2CC(=O)OC31. The largest absolute Gasteiger partial charge is 0.458 e. The highest BCUT2D eigenvalue weighted by Gasteiger charge is 2.59. The third-order valence-corrected chi connectivity index (χ3v) is 5.37. The van der Waals surface area contributed by atoms with Gasteiger partial charge in [0.05, 0.1) is 5.41 Å². The molecule has 4 bridgehead atoms. The molecule has 5 atom stereocenters. The van der Waals surface area contributed by atoms with E-state index in [-0.39, 0.29) is 24.1 Å². The predicted molar refractivity (Wildman–Crippen MR) is 68.2 cm³/mol. The summed E-state index contributed by atoms with van der Waals surface area (Å²) in [6.07, 6.45) is 2.98. The van der Waals surface area contributed by atoms with Crippen LogP contribution in [0.4, 0.5) is 0 Å². The molecule has 0 amide bonds. The van der Waals surface area contributed by atoms with Gasteiger partial charge in [-0.25, -0.2) is 0 Å². The number of hydrogen-bond acceptors (Lipinski definition) is 4. The Labute approximate surface area is 113 Å². The maximum atomic E-state index is 12.2. The Bertz CT molecular complexity index is 414. The van der Waals surface area contributed by atoms with Crippen molar-refractivity contribution in [3.63, 3.8) is 0 Å². The van der Waals surface area contributed by atoms with Gasteiger partial charge in [0.25, 0.3) is 0 Å². The number of ether oxygens (including phenoxy) is 2. The standard InChI is InChI=1S/C15H22O4/c1-4-15(2,3)14(17)19-13-10-6-9-5-8(10)7-11(16)18-12(9)13/h8-10,12-13H,4-7H2,1-3H3. The minimum atomic E-state index is -0.458. The summed E-state index contributed by atoms with van der Waals surface area (Å²) in [5, 5.41) is 0. The molecule has 2 saturated heterocycles. The van der Waals surface area contributed by atoms with Crippen LogP contribution in [-0.4, -0.2) is 24.1 Å². The first-order valence-corrected chi connectivity index (χ1v) is 7.33. The van der Waals surface area contributed by atoms with E-state index in [4.69, 9.17) is 9.47 Å². The van der Waals surface area contributed by atoms with Crippen LogP contribution in [0.3, 0.4) is 0 Å². The molecule has 2 aliphatic carbocycles. The van der Waals surface area contributed by atoms with Gasteiger partial charge in [-0.1, -0.05) is 6.92 Å². The summed E-state index contributed by atoms with van der Waals surface area (Å²) < 4.78 is 11.2. The van der Waals surface area contributed by atoms with Crippen molar-refractivity contribution in [2.75, 3.05) is 0 Å². The van der Waals surface area contributed by atoms with Crippen molar-refractivity contribution in [3.8, 4) is 0 Å². The van der Waals surface area contributed by atoms with Crippen molar-refractivity contribution in [1.29, 1.82) is 0 Å². The Kier molecular flexibility index (Phi) is 2.88. The molecule has 4 rings (SSSR count). The molecule has 0 spiro atoms. The fraction of sp³-hybridized carbons (Fsp3) is 0.867. The van der Waals surface area contributed by atoms with Crippen LogP contribution >= 0.6 is 0 Å². The number of esters is 2. The molecule has 4 aliphatic rings. The summed E-state index contributed by atoms with van der Waals surface area (Å²) in [6.45, 7) is 5.79. The summed E-state index contributed by atoms with van der Waals surface area (Å²) in [4.78, 5) is 23.9. The molecular formula is C15H22O4. The number of rotatable bonds is 3. The minimum absolute atomic E-state index is 0.115. The molecule has 0 aromatic carbocycles. The van der Waals surface area contributed by atoms with E-state index in [2.05, 4.69) is 0 Å². The number of carbonyl (C=O) groups is 2. The molecule has 0 aromatic heterocycles. The predicted octanol–water partition coefficient (Wildman–Crippen LogP) is 2.31. The minimum Gasteiger partial charge on any atom is -0.458 e. The maximum absolute atomic E-state index is 12.2. The highest BCUT2D eigenvalue weighted by molar-refractivity contribution is 5.76. The lowest BCUT2D eigenvalue weighted by Gasteiger charge is -2.32. The van der Waals surface area contributed by atoms with Gasteiger partial charge in [0.1, 0.15) is 12.2 Å². The van der Waals surface area contributed by atoms with Crippen molar-refractivity contribution in [2.24, 2.45) is 23.2 Å².